The molecular formula is C24H23F3N2O3S. The van der Waals surface area contributed by atoms with E-state index in [1.165, 1.54) is 12.1 Å². The summed E-state index contributed by atoms with van der Waals surface area (Å²) < 4.78 is 38.5. The van der Waals surface area contributed by atoms with E-state index in [1.54, 1.807) is 18.2 Å². The fourth-order valence-corrected chi connectivity index (χ4v) is 4.42. The van der Waals surface area contributed by atoms with Crippen molar-refractivity contribution in [3.05, 3.63) is 69.7 Å². The SMILES string of the molecule is Cc1cc(NC(=O)c2sc(-c3ccc(C(F)(F)F)cc3)nc2C(C)C)ccc1CCC(=O)O. The molecule has 0 unspecified atom stereocenters. The summed E-state index contributed by atoms with van der Waals surface area (Å²) in [5.41, 5.74) is 2.66. The van der Waals surface area contributed by atoms with Crippen LogP contribution in [-0.4, -0.2) is 22.0 Å². The molecule has 0 spiro atoms. The van der Waals surface area contributed by atoms with E-state index < -0.39 is 17.7 Å². The van der Waals surface area contributed by atoms with Gasteiger partial charge in [-0.2, -0.15) is 13.2 Å². The zero-order valence-corrected chi connectivity index (χ0v) is 19.1. The summed E-state index contributed by atoms with van der Waals surface area (Å²) in [6.45, 7) is 5.63. The highest BCUT2D eigenvalue weighted by atomic mass is 32.1. The molecule has 0 saturated heterocycles. The van der Waals surface area contributed by atoms with Gasteiger partial charge < -0.3 is 10.4 Å². The van der Waals surface area contributed by atoms with E-state index in [4.69, 9.17) is 5.11 Å². The molecule has 0 aliphatic heterocycles. The Morgan fingerprint density at radius 3 is 2.33 bits per heavy atom. The Balaban J connectivity index is 1.84. The van der Waals surface area contributed by atoms with E-state index in [2.05, 4.69) is 10.3 Å². The number of nitrogens with zero attached hydrogens (tertiary/aromatic N) is 1. The number of benzene rings is 2. The summed E-state index contributed by atoms with van der Waals surface area (Å²) in [7, 11) is 0. The zero-order chi connectivity index (χ0) is 24.3. The number of thiazole rings is 1. The predicted molar refractivity (Wildman–Crippen MR) is 122 cm³/mol. The van der Waals surface area contributed by atoms with E-state index >= 15 is 0 Å². The van der Waals surface area contributed by atoms with Crippen LogP contribution in [0, 0.1) is 6.92 Å². The Hall–Kier alpha value is -3.20. The Kier molecular flexibility index (Phi) is 7.22. The third-order valence-corrected chi connectivity index (χ3v) is 6.19. The van der Waals surface area contributed by atoms with Gasteiger partial charge in [0.2, 0.25) is 0 Å². The fourth-order valence-electron chi connectivity index (χ4n) is 3.29. The maximum atomic E-state index is 13.0. The second-order valence-electron chi connectivity index (χ2n) is 7.95. The van der Waals surface area contributed by atoms with Crippen molar-refractivity contribution in [1.82, 2.24) is 4.98 Å². The van der Waals surface area contributed by atoms with E-state index in [-0.39, 0.29) is 18.2 Å². The van der Waals surface area contributed by atoms with Gasteiger partial charge in [0.15, 0.2) is 0 Å². The van der Waals surface area contributed by atoms with Crippen molar-refractivity contribution in [2.45, 2.75) is 45.7 Å². The molecule has 2 N–H and O–H groups in total. The number of rotatable bonds is 7. The van der Waals surface area contributed by atoms with Gasteiger partial charge in [0.1, 0.15) is 9.88 Å². The van der Waals surface area contributed by atoms with E-state index in [0.29, 0.717) is 33.3 Å². The number of aryl methyl sites for hydroxylation is 2. The molecule has 9 heteroatoms. The van der Waals surface area contributed by atoms with Gasteiger partial charge in [-0.3, -0.25) is 9.59 Å². The summed E-state index contributed by atoms with van der Waals surface area (Å²) in [4.78, 5) is 28.7. The molecule has 2 aromatic carbocycles. The highest BCUT2D eigenvalue weighted by Crippen LogP contribution is 2.35. The van der Waals surface area contributed by atoms with Crippen molar-refractivity contribution in [2.24, 2.45) is 0 Å². The molecule has 0 fully saturated rings. The third-order valence-electron chi connectivity index (χ3n) is 5.07. The second-order valence-corrected chi connectivity index (χ2v) is 8.95. The van der Waals surface area contributed by atoms with Gasteiger partial charge in [0.05, 0.1) is 11.3 Å². The number of hydrogen-bond donors (Lipinski definition) is 2. The topological polar surface area (TPSA) is 79.3 Å². The molecule has 0 radical (unpaired) electrons. The summed E-state index contributed by atoms with van der Waals surface area (Å²) in [5, 5.41) is 12.2. The van der Waals surface area contributed by atoms with E-state index in [0.717, 1.165) is 34.6 Å². The molecule has 3 rings (SSSR count). The number of amides is 1. The number of carbonyl (C=O) groups is 2. The van der Waals surface area contributed by atoms with Crippen LogP contribution in [0.25, 0.3) is 10.6 Å². The molecule has 0 bridgehead atoms. The van der Waals surface area contributed by atoms with Crippen LogP contribution in [0.3, 0.4) is 0 Å². The van der Waals surface area contributed by atoms with Crippen molar-refractivity contribution in [2.75, 3.05) is 5.32 Å². The average Bonchev–Trinajstić information content (AvgIpc) is 3.18. The van der Waals surface area contributed by atoms with Crippen molar-refractivity contribution in [3.8, 4) is 10.6 Å². The van der Waals surface area contributed by atoms with E-state index in [1.807, 2.05) is 20.8 Å². The smallest absolute Gasteiger partial charge is 0.416 e. The Bertz CT molecular complexity index is 1170. The minimum atomic E-state index is -4.42. The molecule has 33 heavy (non-hydrogen) atoms. The lowest BCUT2D eigenvalue weighted by Gasteiger charge is -2.10. The van der Waals surface area contributed by atoms with Crippen molar-refractivity contribution in [1.29, 1.82) is 0 Å². The summed E-state index contributed by atoms with van der Waals surface area (Å²) in [6.07, 6.45) is -3.99. The summed E-state index contributed by atoms with van der Waals surface area (Å²) in [5.74, 6) is -1.29. The molecule has 5 nitrogen and oxygen atoms in total. The number of carboxylic acid groups (broad SMARTS) is 1. The molecule has 0 aliphatic carbocycles. The van der Waals surface area contributed by atoms with Crippen LogP contribution in [0.1, 0.15) is 58.2 Å². The van der Waals surface area contributed by atoms with Crippen LogP contribution in [0.5, 0.6) is 0 Å². The maximum Gasteiger partial charge on any atom is 0.416 e. The number of alkyl halides is 3. The van der Waals surface area contributed by atoms with Crippen LogP contribution < -0.4 is 5.32 Å². The lowest BCUT2D eigenvalue weighted by atomic mass is 10.0. The van der Waals surface area contributed by atoms with Gasteiger partial charge in [0.25, 0.3) is 5.91 Å². The zero-order valence-electron chi connectivity index (χ0n) is 18.3. The molecular weight excluding hydrogens is 453 g/mol. The first-order valence-corrected chi connectivity index (χ1v) is 11.1. The average molecular weight is 477 g/mol. The van der Waals surface area contributed by atoms with Crippen molar-refractivity contribution < 1.29 is 27.9 Å². The molecule has 1 heterocycles. The van der Waals surface area contributed by atoms with Crippen LogP contribution in [0.15, 0.2) is 42.5 Å². The largest absolute Gasteiger partial charge is 0.481 e. The maximum absolute atomic E-state index is 13.0. The first-order chi connectivity index (χ1) is 15.5. The van der Waals surface area contributed by atoms with Gasteiger partial charge in [-0.1, -0.05) is 32.0 Å². The number of anilines is 1. The summed E-state index contributed by atoms with van der Waals surface area (Å²) >= 11 is 1.13. The van der Waals surface area contributed by atoms with Crippen molar-refractivity contribution >= 4 is 28.9 Å². The summed E-state index contributed by atoms with van der Waals surface area (Å²) in [6, 6.07) is 9.99. The highest BCUT2D eigenvalue weighted by molar-refractivity contribution is 7.17. The lowest BCUT2D eigenvalue weighted by Crippen LogP contribution is -2.13. The number of halogens is 3. The van der Waals surface area contributed by atoms with Crippen LogP contribution in [-0.2, 0) is 17.4 Å². The standard InChI is InChI=1S/C24H23F3N2O3S/c1-13(2)20-21(33-23(29-20)16-4-8-17(9-5-16)24(25,26)27)22(32)28-18-10-6-15(14(3)12-18)7-11-19(30)31/h4-6,8-10,12-13H,7,11H2,1-3H3,(H,28,32)(H,30,31). The minimum Gasteiger partial charge on any atom is -0.481 e. The monoisotopic (exact) mass is 476 g/mol. The lowest BCUT2D eigenvalue weighted by molar-refractivity contribution is -0.138. The number of aliphatic carboxylic acids is 1. The van der Waals surface area contributed by atoms with Gasteiger partial charge in [0, 0.05) is 17.7 Å². The molecule has 174 valence electrons. The molecule has 1 amide bonds. The molecule has 1 aromatic heterocycles. The number of hydrogen-bond acceptors (Lipinski definition) is 4. The van der Waals surface area contributed by atoms with Crippen LogP contribution >= 0.6 is 11.3 Å². The van der Waals surface area contributed by atoms with Gasteiger partial charge in [-0.15, -0.1) is 11.3 Å². The molecule has 0 aliphatic rings. The minimum absolute atomic E-state index is 0.0257. The van der Waals surface area contributed by atoms with Crippen molar-refractivity contribution in [3.63, 3.8) is 0 Å². The third kappa shape index (κ3) is 5.98. The highest BCUT2D eigenvalue weighted by Gasteiger charge is 2.30. The van der Waals surface area contributed by atoms with Gasteiger partial charge in [-0.25, -0.2) is 4.98 Å². The molecule has 0 saturated carbocycles. The van der Waals surface area contributed by atoms with E-state index in [9.17, 15) is 22.8 Å². The Morgan fingerprint density at radius 1 is 1.12 bits per heavy atom. The number of carbonyl (C=O) groups excluding carboxylic acids is 1. The van der Waals surface area contributed by atoms with Crippen LogP contribution in [0.2, 0.25) is 0 Å². The fraction of sp³-hybridized carbons (Fsp3) is 0.292. The Morgan fingerprint density at radius 2 is 1.79 bits per heavy atom. The quantitative estimate of drug-likeness (QED) is 0.406. The van der Waals surface area contributed by atoms with Gasteiger partial charge in [-0.05, 0) is 54.7 Å². The Labute approximate surface area is 193 Å². The number of aromatic nitrogens is 1. The van der Waals surface area contributed by atoms with Gasteiger partial charge >= 0.3 is 12.1 Å². The normalized spacial score (nSPS) is 11.6. The molecule has 3 aromatic rings. The number of carboxylic acids is 1. The first kappa shape index (κ1) is 24.4. The second kappa shape index (κ2) is 9.74. The first-order valence-electron chi connectivity index (χ1n) is 10.3. The van der Waals surface area contributed by atoms with Crippen LogP contribution in [0.4, 0.5) is 18.9 Å². The predicted octanol–water partition coefficient (Wildman–Crippen LogP) is 6.53. The number of nitrogens with one attached hydrogen (secondary N) is 1. The molecule has 0 atom stereocenters.